The highest BCUT2D eigenvalue weighted by atomic mass is 19.1. The molecule has 33 heavy (non-hydrogen) atoms. The van der Waals surface area contributed by atoms with E-state index in [2.05, 4.69) is 5.10 Å². The first-order chi connectivity index (χ1) is 16.0. The number of methoxy groups -OCH3 is 2. The number of carbonyl (C=O) groups is 2. The number of halogens is 1. The van der Waals surface area contributed by atoms with Crippen molar-refractivity contribution in [2.24, 2.45) is 0 Å². The van der Waals surface area contributed by atoms with Crippen LogP contribution >= 0.6 is 0 Å². The van der Waals surface area contributed by atoms with Crippen molar-refractivity contribution in [2.75, 3.05) is 14.2 Å². The third-order valence-electron chi connectivity index (χ3n) is 4.81. The third kappa shape index (κ3) is 4.45. The Morgan fingerprint density at radius 2 is 1.52 bits per heavy atom. The number of hydrogen-bond acceptors (Lipinski definition) is 6. The minimum Gasteiger partial charge on any atom is -0.465 e. The van der Waals surface area contributed by atoms with E-state index in [0.717, 1.165) is 0 Å². The second-order valence-corrected chi connectivity index (χ2v) is 6.89. The molecular formula is C25H19FN2O5. The van der Waals surface area contributed by atoms with Crippen LogP contribution in [0.4, 0.5) is 4.39 Å². The van der Waals surface area contributed by atoms with Crippen LogP contribution in [0, 0.1) is 5.82 Å². The Balaban J connectivity index is 1.86. The number of para-hydroxylation sites is 1. The van der Waals surface area contributed by atoms with Gasteiger partial charge in [0.15, 0.2) is 5.69 Å². The van der Waals surface area contributed by atoms with Gasteiger partial charge in [-0.1, -0.05) is 30.3 Å². The molecule has 3 aromatic carbocycles. The Morgan fingerprint density at radius 1 is 0.818 bits per heavy atom. The molecule has 0 unspecified atom stereocenters. The van der Waals surface area contributed by atoms with Gasteiger partial charge in [0.1, 0.15) is 28.6 Å². The molecule has 0 radical (unpaired) electrons. The molecule has 0 saturated heterocycles. The van der Waals surface area contributed by atoms with Crippen LogP contribution in [0.2, 0.25) is 0 Å². The molecule has 1 heterocycles. The van der Waals surface area contributed by atoms with E-state index in [1.807, 2.05) is 6.07 Å². The molecule has 4 rings (SSSR count). The standard InChI is InChI=1S/C25H19FN2O5/c1-31-24(29)21-22(27-28(23(21)25(30)32-2)18-8-4-3-5-9-18)16-7-6-10-20(15-16)33-19-13-11-17(26)12-14-19/h3-15H,1-2H3. The lowest BCUT2D eigenvalue weighted by Gasteiger charge is -2.08. The Labute approximate surface area is 188 Å². The Hall–Kier alpha value is -4.46. The van der Waals surface area contributed by atoms with Crippen LogP contribution in [0.3, 0.4) is 0 Å². The van der Waals surface area contributed by atoms with Gasteiger partial charge >= 0.3 is 11.9 Å². The van der Waals surface area contributed by atoms with Crippen LogP contribution in [0.1, 0.15) is 20.8 Å². The van der Waals surface area contributed by atoms with Gasteiger partial charge in [-0.3, -0.25) is 0 Å². The van der Waals surface area contributed by atoms with Crippen molar-refractivity contribution in [2.45, 2.75) is 0 Å². The van der Waals surface area contributed by atoms with Crippen LogP contribution in [-0.4, -0.2) is 35.9 Å². The van der Waals surface area contributed by atoms with Crippen molar-refractivity contribution in [1.29, 1.82) is 0 Å². The van der Waals surface area contributed by atoms with Gasteiger partial charge in [-0.25, -0.2) is 18.7 Å². The number of ether oxygens (including phenoxy) is 3. The van der Waals surface area contributed by atoms with Crippen molar-refractivity contribution >= 4 is 11.9 Å². The quantitative estimate of drug-likeness (QED) is 0.386. The van der Waals surface area contributed by atoms with Crippen LogP contribution < -0.4 is 4.74 Å². The fourth-order valence-electron chi connectivity index (χ4n) is 3.30. The summed E-state index contributed by atoms with van der Waals surface area (Å²) in [5.74, 6) is -0.981. The smallest absolute Gasteiger partial charge is 0.357 e. The molecular weight excluding hydrogens is 427 g/mol. The number of nitrogens with zero attached hydrogens (tertiary/aromatic N) is 2. The van der Waals surface area contributed by atoms with Crippen molar-refractivity contribution in [3.05, 3.63) is 95.9 Å². The lowest BCUT2D eigenvalue weighted by molar-refractivity contribution is 0.0549. The Bertz CT molecular complexity index is 1300. The molecule has 0 atom stereocenters. The lowest BCUT2D eigenvalue weighted by Crippen LogP contribution is -2.15. The van der Waals surface area contributed by atoms with Gasteiger partial charge in [0.2, 0.25) is 0 Å². The zero-order chi connectivity index (χ0) is 23.4. The zero-order valence-electron chi connectivity index (χ0n) is 17.8. The molecule has 1 aromatic heterocycles. The predicted octanol–water partition coefficient (Wildman–Crippen LogP) is 5.04. The van der Waals surface area contributed by atoms with E-state index in [1.54, 1.807) is 48.5 Å². The van der Waals surface area contributed by atoms with E-state index < -0.39 is 11.9 Å². The monoisotopic (exact) mass is 446 g/mol. The molecule has 0 bridgehead atoms. The zero-order valence-corrected chi connectivity index (χ0v) is 17.8. The first-order valence-corrected chi connectivity index (χ1v) is 9.90. The highest BCUT2D eigenvalue weighted by molar-refractivity contribution is 6.06. The first kappa shape index (κ1) is 21.8. The van der Waals surface area contributed by atoms with E-state index in [0.29, 0.717) is 22.7 Å². The molecule has 7 nitrogen and oxygen atoms in total. The Kier molecular flexibility index (Phi) is 6.17. The number of benzene rings is 3. The number of hydrogen-bond donors (Lipinski definition) is 0. The maximum Gasteiger partial charge on any atom is 0.357 e. The average Bonchev–Trinajstić information content (AvgIpc) is 3.26. The fourth-order valence-corrected chi connectivity index (χ4v) is 3.30. The van der Waals surface area contributed by atoms with E-state index >= 15 is 0 Å². The topological polar surface area (TPSA) is 79.7 Å². The molecule has 0 N–H and O–H groups in total. The van der Waals surface area contributed by atoms with E-state index in [1.165, 1.54) is 43.2 Å². The summed E-state index contributed by atoms with van der Waals surface area (Å²) in [6.45, 7) is 0. The summed E-state index contributed by atoms with van der Waals surface area (Å²) >= 11 is 0. The fraction of sp³-hybridized carbons (Fsp3) is 0.0800. The van der Waals surface area contributed by atoms with E-state index in [4.69, 9.17) is 14.2 Å². The minimum absolute atomic E-state index is 0.0351. The summed E-state index contributed by atoms with van der Waals surface area (Å²) in [4.78, 5) is 25.4. The van der Waals surface area contributed by atoms with Gasteiger partial charge in [0.05, 0.1) is 19.9 Å². The molecule has 166 valence electrons. The molecule has 0 fully saturated rings. The number of carbonyl (C=O) groups excluding carboxylic acids is 2. The van der Waals surface area contributed by atoms with Crippen LogP contribution in [-0.2, 0) is 9.47 Å². The van der Waals surface area contributed by atoms with Gasteiger partial charge in [-0.2, -0.15) is 5.10 Å². The highest BCUT2D eigenvalue weighted by Gasteiger charge is 2.31. The summed E-state index contributed by atoms with van der Waals surface area (Å²) in [6, 6.07) is 21.3. The molecule has 0 aliphatic heterocycles. The minimum atomic E-state index is -0.739. The van der Waals surface area contributed by atoms with E-state index in [9.17, 15) is 14.0 Å². The van der Waals surface area contributed by atoms with Crippen molar-refractivity contribution in [3.63, 3.8) is 0 Å². The van der Waals surface area contributed by atoms with Crippen molar-refractivity contribution in [3.8, 4) is 28.4 Å². The predicted molar refractivity (Wildman–Crippen MR) is 118 cm³/mol. The molecule has 0 aliphatic carbocycles. The van der Waals surface area contributed by atoms with Crippen LogP contribution in [0.15, 0.2) is 78.9 Å². The van der Waals surface area contributed by atoms with Gasteiger partial charge in [-0.15, -0.1) is 0 Å². The van der Waals surface area contributed by atoms with Crippen molar-refractivity contribution in [1.82, 2.24) is 9.78 Å². The normalized spacial score (nSPS) is 10.5. The van der Waals surface area contributed by atoms with E-state index in [-0.39, 0.29) is 22.8 Å². The van der Waals surface area contributed by atoms with Gasteiger partial charge in [-0.05, 0) is 48.5 Å². The van der Waals surface area contributed by atoms with Gasteiger partial charge in [0, 0.05) is 5.56 Å². The van der Waals surface area contributed by atoms with Crippen LogP contribution in [0.25, 0.3) is 16.9 Å². The summed E-state index contributed by atoms with van der Waals surface area (Å²) in [5.41, 5.74) is 1.20. The van der Waals surface area contributed by atoms with Gasteiger partial charge < -0.3 is 14.2 Å². The Morgan fingerprint density at radius 3 is 2.18 bits per heavy atom. The molecule has 0 spiro atoms. The second kappa shape index (κ2) is 9.35. The number of aromatic nitrogens is 2. The highest BCUT2D eigenvalue weighted by Crippen LogP contribution is 2.32. The maximum atomic E-state index is 13.2. The first-order valence-electron chi connectivity index (χ1n) is 9.90. The molecule has 0 amide bonds. The molecule has 0 aliphatic rings. The third-order valence-corrected chi connectivity index (χ3v) is 4.81. The largest absolute Gasteiger partial charge is 0.465 e. The molecule has 0 saturated carbocycles. The molecule has 8 heteroatoms. The summed E-state index contributed by atoms with van der Waals surface area (Å²) in [7, 11) is 2.45. The summed E-state index contributed by atoms with van der Waals surface area (Å²) in [6.07, 6.45) is 0. The SMILES string of the molecule is COC(=O)c1c(-c2cccc(Oc3ccc(F)cc3)c2)nn(-c2ccccc2)c1C(=O)OC. The second-order valence-electron chi connectivity index (χ2n) is 6.89. The number of rotatable bonds is 6. The maximum absolute atomic E-state index is 13.2. The van der Waals surface area contributed by atoms with Crippen LogP contribution in [0.5, 0.6) is 11.5 Å². The summed E-state index contributed by atoms with van der Waals surface area (Å²) in [5, 5.41) is 4.56. The molecule has 4 aromatic rings. The van der Waals surface area contributed by atoms with Crippen molar-refractivity contribution < 1.29 is 28.2 Å². The lowest BCUT2D eigenvalue weighted by atomic mass is 10.1. The average molecular weight is 446 g/mol. The van der Waals surface area contributed by atoms with Gasteiger partial charge in [0.25, 0.3) is 0 Å². The number of esters is 2. The summed E-state index contributed by atoms with van der Waals surface area (Å²) < 4.78 is 30.2.